The van der Waals surface area contributed by atoms with Crippen LogP contribution in [0.25, 0.3) is 0 Å². The van der Waals surface area contributed by atoms with Crippen molar-refractivity contribution in [2.75, 3.05) is 14.2 Å². The predicted octanol–water partition coefficient (Wildman–Crippen LogP) is 3.20. The number of methoxy groups -OCH3 is 2. The molecule has 104 valence electrons. The summed E-state index contributed by atoms with van der Waals surface area (Å²) >= 11 is 0. The van der Waals surface area contributed by atoms with E-state index in [1.165, 1.54) is 7.11 Å². The molecule has 0 heterocycles. The molecule has 0 saturated carbocycles. The highest BCUT2D eigenvalue weighted by Gasteiger charge is 2.10. The van der Waals surface area contributed by atoms with Crippen LogP contribution in [-0.2, 0) is 16.0 Å². The van der Waals surface area contributed by atoms with Crippen LogP contribution in [0.5, 0.6) is 17.2 Å². The van der Waals surface area contributed by atoms with Crippen LogP contribution in [-0.4, -0.2) is 20.2 Å². The number of benzene rings is 2. The van der Waals surface area contributed by atoms with Crippen molar-refractivity contribution in [3.05, 3.63) is 54.1 Å². The second kappa shape index (κ2) is 6.61. The molecule has 0 aromatic heterocycles. The number of hydrogen-bond acceptors (Lipinski definition) is 4. The van der Waals surface area contributed by atoms with Crippen molar-refractivity contribution in [1.29, 1.82) is 0 Å². The van der Waals surface area contributed by atoms with Crippen LogP contribution in [0.2, 0.25) is 0 Å². The molecular weight excluding hydrogens is 256 g/mol. The number of para-hydroxylation sites is 1. The molecule has 0 unspecified atom stereocenters. The van der Waals surface area contributed by atoms with Gasteiger partial charge in [-0.3, -0.25) is 4.79 Å². The van der Waals surface area contributed by atoms with Gasteiger partial charge in [0.05, 0.1) is 20.6 Å². The molecule has 0 amide bonds. The Bertz CT molecular complexity index is 578. The first-order valence-corrected chi connectivity index (χ1v) is 6.19. The lowest BCUT2D eigenvalue weighted by atomic mass is 10.1. The molecule has 0 spiro atoms. The first-order chi connectivity index (χ1) is 9.72. The summed E-state index contributed by atoms with van der Waals surface area (Å²) in [6, 6.07) is 14.8. The van der Waals surface area contributed by atoms with Gasteiger partial charge in [-0.15, -0.1) is 0 Å². The lowest BCUT2D eigenvalue weighted by molar-refractivity contribution is -0.139. The van der Waals surface area contributed by atoms with Crippen LogP contribution in [0.3, 0.4) is 0 Å². The van der Waals surface area contributed by atoms with Gasteiger partial charge in [0.15, 0.2) is 0 Å². The van der Waals surface area contributed by atoms with Gasteiger partial charge in [-0.2, -0.15) is 0 Å². The number of ether oxygens (including phenoxy) is 3. The Kier molecular flexibility index (Phi) is 4.60. The third-order valence-electron chi connectivity index (χ3n) is 2.79. The van der Waals surface area contributed by atoms with Crippen LogP contribution < -0.4 is 9.47 Å². The zero-order valence-corrected chi connectivity index (χ0v) is 11.5. The van der Waals surface area contributed by atoms with Crippen LogP contribution in [0.15, 0.2) is 48.5 Å². The standard InChI is InChI=1S/C16H16O4/c1-18-15-9-8-14(10-12(15)11-16(17)19-2)20-13-6-4-3-5-7-13/h3-10H,11H2,1-2H3. The van der Waals surface area contributed by atoms with Gasteiger partial charge in [0.1, 0.15) is 17.2 Å². The van der Waals surface area contributed by atoms with Crippen LogP contribution >= 0.6 is 0 Å². The van der Waals surface area contributed by atoms with Gasteiger partial charge in [0, 0.05) is 5.56 Å². The van der Waals surface area contributed by atoms with Crippen LogP contribution in [0.1, 0.15) is 5.56 Å². The molecule has 0 radical (unpaired) electrons. The Hall–Kier alpha value is -2.49. The second-order valence-electron chi connectivity index (χ2n) is 4.14. The van der Waals surface area contributed by atoms with Crippen molar-refractivity contribution in [2.24, 2.45) is 0 Å². The van der Waals surface area contributed by atoms with Crippen molar-refractivity contribution < 1.29 is 19.0 Å². The zero-order chi connectivity index (χ0) is 14.4. The fourth-order valence-electron chi connectivity index (χ4n) is 1.81. The van der Waals surface area contributed by atoms with Gasteiger partial charge in [-0.05, 0) is 30.3 Å². The molecule has 0 atom stereocenters. The molecule has 4 nitrogen and oxygen atoms in total. The van der Waals surface area contributed by atoms with E-state index in [0.29, 0.717) is 11.5 Å². The molecule has 0 aliphatic heterocycles. The Balaban J connectivity index is 2.22. The monoisotopic (exact) mass is 272 g/mol. The molecule has 0 fully saturated rings. The van der Waals surface area contributed by atoms with Crippen molar-refractivity contribution in [1.82, 2.24) is 0 Å². The van der Waals surface area contributed by atoms with E-state index in [1.54, 1.807) is 25.3 Å². The molecule has 0 saturated heterocycles. The van der Waals surface area contributed by atoms with Gasteiger partial charge >= 0.3 is 5.97 Å². The first-order valence-electron chi connectivity index (χ1n) is 6.19. The van der Waals surface area contributed by atoms with E-state index < -0.39 is 0 Å². The third-order valence-corrected chi connectivity index (χ3v) is 2.79. The highest BCUT2D eigenvalue weighted by molar-refractivity contribution is 5.73. The summed E-state index contributed by atoms with van der Waals surface area (Å²) in [7, 11) is 2.92. The molecule has 4 heteroatoms. The van der Waals surface area contributed by atoms with Crippen molar-refractivity contribution in [3.63, 3.8) is 0 Å². The summed E-state index contributed by atoms with van der Waals surface area (Å²) in [5.74, 6) is 1.70. The van der Waals surface area contributed by atoms with Gasteiger partial charge in [0.25, 0.3) is 0 Å². The molecule has 2 aromatic rings. The van der Waals surface area contributed by atoms with E-state index >= 15 is 0 Å². The van der Waals surface area contributed by atoms with Gasteiger partial charge in [-0.1, -0.05) is 18.2 Å². The molecule has 2 rings (SSSR count). The smallest absolute Gasteiger partial charge is 0.310 e. The molecule has 0 N–H and O–H groups in total. The molecule has 0 aliphatic carbocycles. The van der Waals surface area contributed by atoms with Crippen LogP contribution in [0, 0.1) is 0 Å². The van der Waals surface area contributed by atoms with Crippen molar-refractivity contribution in [3.8, 4) is 17.2 Å². The first kappa shape index (κ1) is 13.9. The quantitative estimate of drug-likeness (QED) is 0.784. The average Bonchev–Trinajstić information content (AvgIpc) is 2.48. The number of carbonyl (C=O) groups excluding carboxylic acids is 1. The Morgan fingerprint density at radius 3 is 2.40 bits per heavy atom. The summed E-state index contributed by atoms with van der Waals surface area (Å²) in [6.07, 6.45) is 0.145. The maximum absolute atomic E-state index is 11.4. The van der Waals surface area contributed by atoms with Crippen LogP contribution in [0.4, 0.5) is 0 Å². The summed E-state index contributed by atoms with van der Waals surface area (Å²) in [5, 5.41) is 0. The number of esters is 1. The molecule has 2 aromatic carbocycles. The summed E-state index contributed by atoms with van der Waals surface area (Å²) in [6.45, 7) is 0. The van der Waals surface area contributed by atoms with Crippen molar-refractivity contribution >= 4 is 5.97 Å². The van der Waals surface area contributed by atoms with E-state index in [1.807, 2.05) is 30.3 Å². The van der Waals surface area contributed by atoms with E-state index in [4.69, 9.17) is 9.47 Å². The maximum atomic E-state index is 11.4. The Morgan fingerprint density at radius 1 is 1.00 bits per heavy atom. The molecular formula is C16H16O4. The summed E-state index contributed by atoms with van der Waals surface area (Å²) in [5.41, 5.74) is 0.729. The van der Waals surface area contributed by atoms with E-state index in [9.17, 15) is 4.79 Å². The topological polar surface area (TPSA) is 44.8 Å². The van der Waals surface area contributed by atoms with E-state index in [-0.39, 0.29) is 12.4 Å². The summed E-state index contributed by atoms with van der Waals surface area (Å²) < 4.78 is 15.6. The van der Waals surface area contributed by atoms with Gasteiger partial charge < -0.3 is 14.2 Å². The largest absolute Gasteiger partial charge is 0.496 e. The minimum atomic E-state index is -0.319. The fraction of sp³-hybridized carbons (Fsp3) is 0.188. The van der Waals surface area contributed by atoms with E-state index in [2.05, 4.69) is 4.74 Å². The molecule has 20 heavy (non-hydrogen) atoms. The van der Waals surface area contributed by atoms with Gasteiger partial charge in [0.2, 0.25) is 0 Å². The second-order valence-corrected chi connectivity index (χ2v) is 4.14. The molecule has 0 aliphatic rings. The minimum Gasteiger partial charge on any atom is -0.496 e. The lowest BCUT2D eigenvalue weighted by Gasteiger charge is -2.11. The lowest BCUT2D eigenvalue weighted by Crippen LogP contribution is -2.06. The van der Waals surface area contributed by atoms with Crippen molar-refractivity contribution in [2.45, 2.75) is 6.42 Å². The number of carbonyl (C=O) groups is 1. The average molecular weight is 272 g/mol. The SMILES string of the molecule is COC(=O)Cc1cc(Oc2ccccc2)ccc1OC. The Morgan fingerprint density at radius 2 is 1.75 bits per heavy atom. The van der Waals surface area contributed by atoms with Gasteiger partial charge in [-0.25, -0.2) is 0 Å². The zero-order valence-electron chi connectivity index (χ0n) is 11.5. The number of hydrogen-bond donors (Lipinski definition) is 0. The number of rotatable bonds is 5. The normalized spacial score (nSPS) is 9.90. The summed E-state index contributed by atoms with van der Waals surface area (Å²) in [4.78, 5) is 11.4. The predicted molar refractivity (Wildman–Crippen MR) is 75.2 cm³/mol. The highest BCUT2D eigenvalue weighted by atomic mass is 16.5. The molecule has 0 bridgehead atoms. The Labute approximate surface area is 117 Å². The minimum absolute atomic E-state index is 0.145. The highest BCUT2D eigenvalue weighted by Crippen LogP contribution is 2.28. The fourth-order valence-corrected chi connectivity index (χ4v) is 1.81. The maximum Gasteiger partial charge on any atom is 0.310 e. The third kappa shape index (κ3) is 3.51. The van der Waals surface area contributed by atoms with E-state index in [0.717, 1.165) is 11.3 Å².